The standard InChI is InChI=1S/C12H26N2O/c1-6-8-12(4,5)14-11(15)10(3)9-13-7-2/h10,13H,6-9H2,1-5H3,(H,14,15). The van der Waals surface area contributed by atoms with E-state index in [0.717, 1.165) is 25.9 Å². The number of carbonyl (C=O) groups excluding carboxylic acids is 1. The van der Waals surface area contributed by atoms with Crippen LogP contribution in [0.15, 0.2) is 0 Å². The average Bonchev–Trinajstić information content (AvgIpc) is 2.13. The van der Waals surface area contributed by atoms with Crippen LogP contribution in [0.2, 0.25) is 0 Å². The van der Waals surface area contributed by atoms with Crippen LogP contribution < -0.4 is 10.6 Å². The van der Waals surface area contributed by atoms with E-state index in [1.807, 2.05) is 13.8 Å². The first-order chi connectivity index (χ1) is 6.93. The van der Waals surface area contributed by atoms with Gasteiger partial charge in [0.2, 0.25) is 5.91 Å². The van der Waals surface area contributed by atoms with Crippen LogP contribution in [0.5, 0.6) is 0 Å². The minimum Gasteiger partial charge on any atom is -0.351 e. The van der Waals surface area contributed by atoms with Gasteiger partial charge >= 0.3 is 0 Å². The summed E-state index contributed by atoms with van der Waals surface area (Å²) in [6.07, 6.45) is 2.11. The van der Waals surface area contributed by atoms with Crippen LogP contribution >= 0.6 is 0 Å². The van der Waals surface area contributed by atoms with Gasteiger partial charge in [0.15, 0.2) is 0 Å². The number of hydrogen-bond acceptors (Lipinski definition) is 2. The largest absolute Gasteiger partial charge is 0.351 e. The second kappa shape index (κ2) is 6.83. The molecule has 0 radical (unpaired) electrons. The molecule has 15 heavy (non-hydrogen) atoms. The quantitative estimate of drug-likeness (QED) is 0.680. The van der Waals surface area contributed by atoms with Crippen molar-refractivity contribution in [1.82, 2.24) is 10.6 Å². The van der Waals surface area contributed by atoms with E-state index < -0.39 is 0 Å². The molecule has 0 bridgehead atoms. The Bertz CT molecular complexity index is 190. The fraction of sp³-hybridized carbons (Fsp3) is 0.917. The maximum Gasteiger partial charge on any atom is 0.224 e. The van der Waals surface area contributed by atoms with Gasteiger partial charge in [0, 0.05) is 18.0 Å². The molecule has 0 saturated heterocycles. The monoisotopic (exact) mass is 214 g/mol. The van der Waals surface area contributed by atoms with E-state index >= 15 is 0 Å². The number of carbonyl (C=O) groups is 1. The van der Waals surface area contributed by atoms with Gasteiger partial charge in [-0.2, -0.15) is 0 Å². The molecule has 0 rings (SSSR count). The van der Waals surface area contributed by atoms with Gasteiger partial charge in [0.25, 0.3) is 0 Å². The Labute approximate surface area is 94.0 Å². The maximum absolute atomic E-state index is 11.8. The molecule has 1 amide bonds. The van der Waals surface area contributed by atoms with Gasteiger partial charge in [-0.3, -0.25) is 4.79 Å². The van der Waals surface area contributed by atoms with E-state index in [1.165, 1.54) is 0 Å². The highest BCUT2D eigenvalue weighted by Gasteiger charge is 2.22. The van der Waals surface area contributed by atoms with E-state index in [1.54, 1.807) is 0 Å². The third kappa shape index (κ3) is 6.50. The lowest BCUT2D eigenvalue weighted by Crippen LogP contribution is -2.47. The average molecular weight is 214 g/mol. The summed E-state index contributed by atoms with van der Waals surface area (Å²) in [6, 6.07) is 0. The van der Waals surface area contributed by atoms with Crippen LogP contribution in [-0.4, -0.2) is 24.5 Å². The van der Waals surface area contributed by atoms with Crippen molar-refractivity contribution in [2.75, 3.05) is 13.1 Å². The van der Waals surface area contributed by atoms with E-state index in [-0.39, 0.29) is 17.4 Å². The Morgan fingerprint density at radius 3 is 2.40 bits per heavy atom. The molecule has 0 heterocycles. The van der Waals surface area contributed by atoms with Crippen molar-refractivity contribution in [3.63, 3.8) is 0 Å². The van der Waals surface area contributed by atoms with Crippen molar-refractivity contribution in [3.8, 4) is 0 Å². The smallest absolute Gasteiger partial charge is 0.224 e. The summed E-state index contributed by atoms with van der Waals surface area (Å²) in [7, 11) is 0. The summed E-state index contributed by atoms with van der Waals surface area (Å²) >= 11 is 0. The molecule has 2 N–H and O–H groups in total. The van der Waals surface area contributed by atoms with Gasteiger partial charge in [-0.25, -0.2) is 0 Å². The topological polar surface area (TPSA) is 41.1 Å². The summed E-state index contributed by atoms with van der Waals surface area (Å²) in [4.78, 5) is 11.8. The van der Waals surface area contributed by atoms with Crippen molar-refractivity contribution in [1.29, 1.82) is 0 Å². The molecular weight excluding hydrogens is 188 g/mol. The molecule has 0 aliphatic carbocycles. The van der Waals surface area contributed by atoms with Gasteiger partial charge in [0.1, 0.15) is 0 Å². The Kier molecular flexibility index (Phi) is 6.57. The number of hydrogen-bond donors (Lipinski definition) is 2. The van der Waals surface area contributed by atoms with Crippen LogP contribution in [0.25, 0.3) is 0 Å². The molecule has 0 saturated carbocycles. The fourth-order valence-electron chi connectivity index (χ4n) is 1.60. The third-order valence-corrected chi connectivity index (χ3v) is 2.48. The van der Waals surface area contributed by atoms with Crippen LogP contribution in [-0.2, 0) is 4.79 Å². The van der Waals surface area contributed by atoms with Crippen molar-refractivity contribution >= 4 is 5.91 Å². The zero-order chi connectivity index (χ0) is 11.9. The molecule has 0 aromatic rings. The molecule has 0 aliphatic rings. The molecular formula is C12H26N2O. The fourth-order valence-corrected chi connectivity index (χ4v) is 1.60. The van der Waals surface area contributed by atoms with Crippen molar-refractivity contribution in [2.45, 2.75) is 53.0 Å². The molecule has 1 atom stereocenters. The minimum atomic E-state index is -0.0771. The highest BCUT2D eigenvalue weighted by Crippen LogP contribution is 2.11. The lowest BCUT2D eigenvalue weighted by Gasteiger charge is -2.27. The maximum atomic E-state index is 11.8. The van der Waals surface area contributed by atoms with Crippen molar-refractivity contribution in [3.05, 3.63) is 0 Å². The van der Waals surface area contributed by atoms with Crippen molar-refractivity contribution in [2.24, 2.45) is 5.92 Å². The second-order valence-electron chi connectivity index (χ2n) is 4.83. The Hall–Kier alpha value is -0.570. The predicted octanol–water partition coefficient (Wildman–Crippen LogP) is 1.93. The molecule has 3 heteroatoms. The first kappa shape index (κ1) is 14.4. The van der Waals surface area contributed by atoms with Crippen LogP contribution in [0.4, 0.5) is 0 Å². The molecule has 3 nitrogen and oxygen atoms in total. The first-order valence-corrected chi connectivity index (χ1v) is 5.95. The molecule has 90 valence electrons. The molecule has 0 fully saturated rings. The Morgan fingerprint density at radius 1 is 1.33 bits per heavy atom. The summed E-state index contributed by atoms with van der Waals surface area (Å²) in [5, 5.41) is 6.27. The molecule has 0 aromatic heterocycles. The lowest BCUT2D eigenvalue weighted by atomic mass is 9.97. The SMILES string of the molecule is CCCC(C)(C)NC(=O)C(C)CNCC. The van der Waals surface area contributed by atoms with Gasteiger partial charge in [-0.15, -0.1) is 0 Å². The minimum absolute atomic E-state index is 0.0427. The lowest BCUT2D eigenvalue weighted by molar-refractivity contribution is -0.126. The predicted molar refractivity (Wildman–Crippen MR) is 64.8 cm³/mol. The molecule has 0 aliphatic heterocycles. The highest BCUT2D eigenvalue weighted by atomic mass is 16.2. The van der Waals surface area contributed by atoms with E-state index in [2.05, 4.69) is 31.4 Å². The summed E-state index contributed by atoms with van der Waals surface area (Å²) < 4.78 is 0. The van der Waals surface area contributed by atoms with Gasteiger partial charge in [-0.1, -0.05) is 27.2 Å². The highest BCUT2D eigenvalue weighted by molar-refractivity contribution is 5.79. The van der Waals surface area contributed by atoms with Gasteiger partial charge in [0.05, 0.1) is 0 Å². The third-order valence-electron chi connectivity index (χ3n) is 2.48. The van der Waals surface area contributed by atoms with E-state index in [0.29, 0.717) is 0 Å². The number of amides is 1. The Balaban J connectivity index is 4.00. The molecule has 0 spiro atoms. The summed E-state index contributed by atoms with van der Waals surface area (Å²) in [5.74, 6) is 0.190. The van der Waals surface area contributed by atoms with Crippen LogP contribution in [0, 0.1) is 5.92 Å². The molecule has 0 aromatic carbocycles. The van der Waals surface area contributed by atoms with Gasteiger partial charge in [-0.05, 0) is 26.8 Å². The van der Waals surface area contributed by atoms with E-state index in [9.17, 15) is 4.79 Å². The van der Waals surface area contributed by atoms with Crippen molar-refractivity contribution < 1.29 is 4.79 Å². The first-order valence-electron chi connectivity index (χ1n) is 5.95. The van der Waals surface area contributed by atoms with Gasteiger partial charge < -0.3 is 10.6 Å². The number of nitrogens with one attached hydrogen (secondary N) is 2. The van der Waals surface area contributed by atoms with E-state index in [4.69, 9.17) is 0 Å². The molecule has 1 unspecified atom stereocenters. The second-order valence-corrected chi connectivity index (χ2v) is 4.83. The zero-order valence-corrected chi connectivity index (χ0v) is 10.8. The summed E-state index contributed by atoms with van der Waals surface area (Å²) in [5.41, 5.74) is -0.0771. The zero-order valence-electron chi connectivity index (χ0n) is 10.8. The Morgan fingerprint density at radius 2 is 1.93 bits per heavy atom. The normalized spacial score (nSPS) is 13.7. The van der Waals surface area contributed by atoms with Crippen LogP contribution in [0.3, 0.4) is 0 Å². The summed E-state index contributed by atoms with van der Waals surface area (Å²) in [6.45, 7) is 12.0. The number of rotatable bonds is 7. The van der Waals surface area contributed by atoms with Crippen LogP contribution in [0.1, 0.15) is 47.5 Å².